The number of piperazine rings is 1. The number of rotatable bonds is 7. The number of aryl methyl sites for hydroxylation is 2. The number of nitrogens with zero attached hydrogens (tertiary/aromatic N) is 5. The van der Waals surface area contributed by atoms with Crippen molar-refractivity contribution in [1.82, 2.24) is 20.0 Å². The van der Waals surface area contributed by atoms with Gasteiger partial charge in [0.1, 0.15) is 5.75 Å². The molecule has 0 radical (unpaired) electrons. The Balaban J connectivity index is 0.797. The molecule has 3 atom stereocenters. The standard InChI is InChI=1S/C45H50N6O3/c1-48-41-28-35(12-15-39(41)44(47-48)40-17-18-42(53)46-45(40)54)51-25-23-49(24-26-51)29-30-19-21-50(22-20-30)34-10-7-32(8-11-34)43-37(31-5-3-2-4-6-31)14-9-33-27-36(52)13-16-38(33)43/h2-8,10-13,15-16,27-28,30,37,40,43,52H,9,14,17-26,29H2,1H3,(H,46,53,54)/t37-,40+,43+/m1/s1. The van der Waals surface area contributed by atoms with Gasteiger partial charge in [-0.2, -0.15) is 5.10 Å². The molecular weight excluding hydrogens is 673 g/mol. The van der Waals surface area contributed by atoms with Crippen molar-refractivity contribution in [3.05, 3.63) is 119 Å². The number of carbonyl (C=O) groups is 2. The average molecular weight is 723 g/mol. The summed E-state index contributed by atoms with van der Waals surface area (Å²) in [5, 5.41) is 18.4. The molecule has 278 valence electrons. The fraction of sp³-hybridized carbons (Fsp3) is 0.400. The SMILES string of the molecule is Cn1nc([C@@H]2CCC(=O)NC2=O)c2ccc(N3CCN(CC4CCN(c5ccc([C@@H]6c7ccc(O)cc7CC[C@@H]6c6ccccc6)cc5)CC4)CC3)cc21. The van der Waals surface area contributed by atoms with E-state index in [1.165, 1.54) is 46.5 Å². The number of amides is 2. The number of fused-ring (bicyclic) bond motifs is 2. The third kappa shape index (κ3) is 6.74. The van der Waals surface area contributed by atoms with Crippen LogP contribution in [0.4, 0.5) is 11.4 Å². The van der Waals surface area contributed by atoms with Crippen LogP contribution >= 0.6 is 0 Å². The quantitative estimate of drug-likeness (QED) is 0.181. The van der Waals surface area contributed by atoms with Gasteiger partial charge in [0.15, 0.2) is 0 Å². The summed E-state index contributed by atoms with van der Waals surface area (Å²) in [4.78, 5) is 32.0. The normalized spacial score (nSPS) is 22.7. The van der Waals surface area contributed by atoms with Crippen LogP contribution in [0, 0.1) is 5.92 Å². The van der Waals surface area contributed by atoms with E-state index in [1.54, 1.807) is 0 Å². The highest BCUT2D eigenvalue weighted by atomic mass is 16.3. The van der Waals surface area contributed by atoms with Crippen LogP contribution in [0.1, 0.15) is 77.8 Å². The number of nitrogens with one attached hydrogen (secondary N) is 1. The van der Waals surface area contributed by atoms with Crippen molar-refractivity contribution >= 4 is 34.1 Å². The second-order valence-electron chi connectivity index (χ2n) is 15.9. The lowest BCUT2D eigenvalue weighted by molar-refractivity contribution is -0.134. The Morgan fingerprint density at radius 1 is 0.741 bits per heavy atom. The number of aromatic hydroxyl groups is 1. The van der Waals surface area contributed by atoms with E-state index in [2.05, 4.69) is 98.9 Å². The molecule has 0 bridgehead atoms. The van der Waals surface area contributed by atoms with E-state index in [9.17, 15) is 14.7 Å². The maximum atomic E-state index is 12.6. The molecule has 0 unspecified atom stereocenters. The topological polar surface area (TPSA) is 93.9 Å². The zero-order valence-electron chi connectivity index (χ0n) is 31.2. The lowest BCUT2D eigenvalue weighted by Gasteiger charge is -2.40. The minimum Gasteiger partial charge on any atom is -0.508 e. The molecule has 5 aromatic rings. The zero-order chi connectivity index (χ0) is 36.8. The summed E-state index contributed by atoms with van der Waals surface area (Å²) in [5.74, 6) is 0.926. The minimum absolute atomic E-state index is 0.201. The van der Waals surface area contributed by atoms with E-state index in [4.69, 9.17) is 5.10 Å². The molecule has 4 heterocycles. The lowest BCUT2D eigenvalue weighted by atomic mass is 9.69. The Bertz CT molecular complexity index is 2150. The van der Waals surface area contributed by atoms with Gasteiger partial charge in [0.05, 0.1) is 17.1 Å². The van der Waals surface area contributed by atoms with Gasteiger partial charge < -0.3 is 14.9 Å². The van der Waals surface area contributed by atoms with Crippen molar-refractivity contribution in [1.29, 1.82) is 0 Å². The van der Waals surface area contributed by atoms with Gasteiger partial charge >= 0.3 is 0 Å². The number of phenolic OH excluding ortho intramolecular Hbond substituents is 1. The van der Waals surface area contributed by atoms with Crippen LogP contribution in [0.25, 0.3) is 10.9 Å². The number of hydrogen-bond acceptors (Lipinski definition) is 7. The number of aromatic nitrogens is 2. The Hall–Kier alpha value is -5.15. The van der Waals surface area contributed by atoms with Crippen molar-refractivity contribution in [2.45, 2.75) is 56.3 Å². The molecule has 9 heteroatoms. The van der Waals surface area contributed by atoms with Crippen molar-refractivity contribution in [2.75, 3.05) is 55.6 Å². The number of imide groups is 1. The molecule has 2 amide bonds. The molecule has 0 saturated carbocycles. The molecule has 4 aliphatic rings. The van der Waals surface area contributed by atoms with Gasteiger partial charge in [-0.3, -0.25) is 24.5 Å². The van der Waals surface area contributed by atoms with E-state index < -0.39 is 0 Å². The van der Waals surface area contributed by atoms with E-state index in [0.29, 0.717) is 30.4 Å². The second kappa shape index (κ2) is 14.6. The molecule has 9 rings (SSSR count). The molecule has 3 saturated heterocycles. The Kier molecular flexibility index (Phi) is 9.35. The third-order valence-corrected chi connectivity index (χ3v) is 12.7. The molecule has 2 N–H and O–H groups in total. The zero-order valence-corrected chi connectivity index (χ0v) is 31.2. The van der Waals surface area contributed by atoms with Gasteiger partial charge in [0.25, 0.3) is 0 Å². The Labute approximate surface area is 317 Å². The first kappa shape index (κ1) is 34.6. The van der Waals surface area contributed by atoms with Crippen molar-refractivity contribution in [3.8, 4) is 5.75 Å². The lowest BCUT2D eigenvalue weighted by Crippen LogP contribution is -2.49. The third-order valence-electron chi connectivity index (χ3n) is 12.7. The molecule has 1 aromatic heterocycles. The number of hydrogen-bond donors (Lipinski definition) is 2. The summed E-state index contributed by atoms with van der Waals surface area (Å²) < 4.78 is 1.87. The predicted octanol–water partition coefficient (Wildman–Crippen LogP) is 6.70. The first-order valence-electron chi connectivity index (χ1n) is 19.9. The number of piperidine rings is 2. The maximum Gasteiger partial charge on any atom is 0.235 e. The molecule has 1 aliphatic carbocycles. The van der Waals surface area contributed by atoms with Crippen LogP contribution in [0.2, 0.25) is 0 Å². The van der Waals surface area contributed by atoms with Crippen LogP contribution in [0.5, 0.6) is 5.75 Å². The molecule has 4 aromatic carbocycles. The van der Waals surface area contributed by atoms with Gasteiger partial charge in [-0.25, -0.2) is 0 Å². The fourth-order valence-electron chi connectivity index (χ4n) is 9.78. The predicted molar refractivity (Wildman–Crippen MR) is 213 cm³/mol. The summed E-state index contributed by atoms with van der Waals surface area (Å²) in [5.41, 5.74) is 9.66. The molecule has 9 nitrogen and oxygen atoms in total. The first-order chi connectivity index (χ1) is 26.4. The van der Waals surface area contributed by atoms with Crippen molar-refractivity contribution < 1.29 is 14.7 Å². The summed E-state index contributed by atoms with van der Waals surface area (Å²) in [7, 11) is 1.94. The Morgan fingerprint density at radius 2 is 1.48 bits per heavy atom. The van der Waals surface area contributed by atoms with E-state index in [1.807, 2.05) is 23.9 Å². The minimum atomic E-state index is -0.385. The maximum absolute atomic E-state index is 12.6. The Morgan fingerprint density at radius 3 is 2.24 bits per heavy atom. The monoisotopic (exact) mass is 722 g/mol. The number of anilines is 2. The largest absolute Gasteiger partial charge is 0.508 e. The van der Waals surface area contributed by atoms with Crippen LogP contribution in [-0.4, -0.2) is 77.4 Å². The van der Waals surface area contributed by atoms with Gasteiger partial charge in [-0.1, -0.05) is 48.5 Å². The van der Waals surface area contributed by atoms with E-state index in [0.717, 1.165) is 75.3 Å². The van der Waals surface area contributed by atoms with Crippen molar-refractivity contribution in [3.63, 3.8) is 0 Å². The molecule has 3 aliphatic heterocycles. The molecule has 3 fully saturated rings. The fourth-order valence-corrected chi connectivity index (χ4v) is 9.78. The van der Waals surface area contributed by atoms with E-state index in [-0.39, 0.29) is 23.7 Å². The molecule has 54 heavy (non-hydrogen) atoms. The summed E-state index contributed by atoms with van der Waals surface area (Å²) in [6.07, 6.45) is 5.35. The van der Waals surface area contributed by atoms with Gasteiger partial charge in [-0.05, 0) is 109 Å². The van der Waals surface area contributed by atoms with Gasteiger partial charge in [0.2, 0.25) is 11.8 Å². The highest BCUT2D eigenvalue weighted by Gasteiger charge is 2.34. The average Bonchev–Trinajstić information content (AvgIpc) is 3.53. The highest BCUT2D eigenvalue weighted by molar-refractivity contribution is 6.02. The van der Waals surface area contributed by atoms with Gasteiger partial charge in [0, 0.05) is 82.0 Å². The highest BCUT2D eigenvalue weighted by Crippen LogP contribution is 2.47. The number of phenols is 1. The summed E-state index contributed by atoms with van der Waals surface area (Å²) >= 11 is 0. The van der Waals surface area contributed by atoms with Crippen molar-refractivity contribution in [2.24, 2.45) is 13.0 Å². The molecule has 0 spiro atoms. The smallest absolute Gasteiger partial charge is 0.235 e. The number of carbonyl (C=O) groups excluding carboxylic acids is 2. The van der Waals surface area contributed by atoms with Crippen LogP contribution < -0.4 is 15.1 Å². The number of benzene rings is 4. The van der Waals surface area contributed by atoms with E-state index >= 15 is 0 Å². The van der Waals surface area contributed by atoms with Gasteiger partial charge in [-0.15, -0.1) is 0 Å². The van der Waals surface area contributed by atoms with Crippen LogP contribution in [0.15, 0.2) is 91.0 Å². The summed E-state index contributed by atoms with van der Waals surface area (Å²) in [6.45, 7) is 7.44. The van der Waals surface area contributed by atoms with Crippen LogP contribution in [0.3, 0.4) is 0 Å². The molecular formula is C45H50N6O3. The first-order valence-corrected chi connectivity index (χ1v) is 19.9. The summed E-state index contributed by atoms with van der Waals surface area (Å²) in [6, 6.07) is 32.8. The second-order valence-corrected chi connectivity index (χ2v) is 15.9. The van der Waals surface area contributed by atoms with Crippen LogP contribution in [-0.2, 0) is 23.1 Å².